The second kappa shape index (κ2) is 7.51. The smallest absolute Gasteiger partial charge is 0.246 e. The Balaban J connectivity index is 1.91. The summed E-state index contributed by atoms with van der Waals surface area (Å²) in [5, 5.41) is 13.3. The number of hydrogen-bond donors (Lipinski definition) is 2. The zero-order chi connectivity index (χ0) is 16.0. The predicted molar refractivity (Wildman–Crippen MR) is 80.1 cm³/mol. The molecule has 1 amide bonds. The van der Waals surface area contributed by atoms with Gasteiger partial charge in [-0.1, -0.05) is 0 Å². The molecule has 22 heavy (non-hydrogen) atoms. The maximum atomic E-state index is 12.9. The maximum absolute atomic E-state index is 12.9. The Morgan fingerprint density at radius 3 is 3.09 bits per heavy atom. The fourth-order valence-electron chi connectivity index (χ4n) is 2.52. The van der Waals surface area contributed by atoms with E-state index in [0.29, 0.717) is 25.4 Å². The standard InChI is InChI=1S/C15H22FN3O3/c1-2-22-9-14(20)18-10-15(21)6-3-7-19(11-15)13-5-4-12(16)8-17-13/h4-5,8,21H,2-3,6-7,9-11H2,1H3,(H,18,20)/t15-/m0/s1. The quantitative estimate of drug-likeness (QED) is 0.809. The number of aliphatic hydroxyl groups is 1. The normalized spacial score (nSPS) is 21.7. The number of nitrogens with zero attached hydrogens (tertiary/aromatic N) is 2. The minimum atomic E-state index is -1.02. The van der Waals surface area contributed by atoms with Crippen LogP contribution in [0.15, 0.2) is 18.3 Å². The summed E-state index contributed by atoms with van der Waals surface area (Å²) in [6.45, 7) is 3.54. The SMILES string of the molecule is CCOCC(=O)NC[C@@]1(O)CCCN(c2ccc(F)cn2)C1. The third-order valence-corrected chi connectivity index (χ3v) is 3.64. The van der Waals surface area contributed by atoms with Gasteiger partial charge in [0.2, 0.25) is 5.91 Å². The molecule has 0 spiro atoms. The van der Waals surface area contributed by atoms with Gasteiger partial charge in [0.15, 0.2) is 0 Å². The van der Waals surface area contributed by atoms with Gasteiger partial charge in [-0.15, -0.1) is 0 Å². The first-order chi connectivity index (χ1) is 10.5. The second-order valence-corrected chi connectivity index (χ2v) is 5.50. The third kappa shape index (κ3) is 4.64. The molecule has 2 heterocycles. The lowest BCUT2D eigenvalue weighted by molar-refractivity contribution is -0.126. The maximum Gasteiger partial charge on any atom is 0.246 e. The molecule has 1 aromatic rings. The van der Waals surface area contributed by atoms with Gasteiger partial charge in [-0.2, -0.15) is 0 Å². The van der Waals surface area contributed by atoms with E-state index >= 15 is 0 Å². The molecule has 0 aliphatic carbocycles. The average molecular weight is 311 g/mol. The number of carbonyl (C=O) groups is 1. The highest BCUT2D eigenvalue weighted by Gasteiger charge is 2.34. The molecular weight excluding hydrogens is 289 g/mol. The highest BCUT2D eigenvalue weighted by Crippen LogP contribution is 2.24. The number of rotatable bonds is 6. The van der Waals surface area contributed by atoms with Gasteiger partial charge < -0.3 is 20.1 Å². The van der Waals surface area contributed by atoms with Crippen LogP contribution in [0, 0.1) is 5.82 Å². The zero-order valence-electron chi connectivity index (χ0n) is 12.7. The molecule has 7 heteroatoms. The Morgan fingerprint density at radius 2 is 2.41 bits per heavy atom. The van der Waals surface area contributed by atoms with Crippen molar-refractivity contribution in [2.75, 3.05) is 37.7 Å². The summed E-state index contributed by atoms with van der Waals surface area (Å²) >= 11 is 0. The Labute approximate surface area is 129 Å². The minimum absolute atomic E-state index is 0.00415. The number of amides is 1. The van der Waals surface area contributed by atoms with Crippen LogP contribution in [-0.4, -0.2) is 54.4 Å². The molecule has 0 unspecified atom stereocenters. The van der Waals surface area contributed by atoms with E-state index in [-0.39, 0.29) is 24.9 Å². The molecule has 1 aliphatic heterocycles. The molecule has 2 N–H and O–H groups in total. The third-order valence-electron chi connectivity index (χ3n) is 3.64. The van der Waals surface area contributed by atoms with Crippen LogP contribution in [0.3, 0.4) is 0 Å². The first-order valence-electron chi connectivity index (χ1n) is 7.46. The van der Waals surface area contributed by atoms with Gasteiger partial charge in [0, 0.05) is 26.2 Å². The molecule has 1 saturated heterocycles. The highest BCUT2D eigenvalue weighted by atomic mass is 19.1. The largest absolute Gasteiger partial charge is 0.386 e. The van der Waals surface area contributed by atoms with Crippen LogP contribution in [0.25, 0.3) is 0 Å². The van der Waals surface area contributed by atoms with Gasteiger partial charge in [-0.05, 0) is 31.9 Å². The summed E-state index contributed by atoms with van der Waals surface area (Å²) in [4.78, 5) is 17.5. The van der Waals surface area contributed by atoms with E-state index in [1.165, 1.54) is 6.07 Å². The average Bonchev–Trinajstić information content (AvgIpc) is 2.52. The number of ether oxygens (including phenoxy) is 1. The summed E-state index contributed by atoms with van der Waals surface area (Å²) in [6.07, 6.45) is 2.53. The number of nitrogens with one attached hydrogen (secondary N) is 1. The molecule has 6 nitrogen and oxygen atoms in total. The van der Waals surface area contributed by atoms with Crippen LogP contribution in [0.4, 0.5) is 10.2 Å². The number of aromatic nitrogens is 1. The Kier molecular flexibility index (Phi) is 5.68. The fraction of sp³-hybridized carbons (Fsp3) is 0.600. The number of hydrogen-bond acceptors (Lipinski definition) is 5. The predicted octanol–water partition coefficient (Wildman–Crippen LogP) is 0.705. The first kappa shape index (κ1) is 16.6. The first-order valence-corrected chi connectivity index (χ1v) is 7.46. The molecular formula is C15H22FN3O3. The van der Waals surface area contributed by atoms with Crippen LogP contribution < -0.4 is 10.2 Å². The van der Waals surface area contributed by atoms with Crippen molar-refractivity contribution in [1.82, 2.24) is 10.3 Å². The topological polar surface area (TPSA) is 74.7 Å². The molecule has 1 fully saturated rings. The molecule has 1 aliphatic rings. The molecule has 1 aromatic heterocycles. The van der Waals surface area contributed by atoms with Crippen LogP contribution >= 0.6 is 0 Å². The van der Waals surface area contributed by atoms with Crippen molar-refractivity contribution in [3.05, 3.63) is 24.1 Å². The number of piperidine rings is 1. The summed E-state index contributed by atoms with van der Waals surface area (Å²) in [5.41, 5.74) is -1.02. The van der Waals surface area contributed by atoms with Crippen molar-refractivity contribution < 1.29 is 19.0 Å². The molecule has 1 atom stereocenters. The van der Waals surface area contributed by atoms with E-state index in [1.807, 2.05) is 11.8 Å². The summed E-state index contributed by atoms with van der Waals surface area (Å²) in [6, 6.07) is 2.94. The molecule has 122 valence electrons. The highest BCUT2D eigenvalue weighted by molar-refractivity contribution is 5.77. The van der Waals surface area contributed by atoms with Gasteiger partial charge in [-0.25, -0.2) is 9.37 Å². The van der Waals surface area contributed by atoms with Gasteiger partial charge in [-0.3, -0.25) is 4.79 Å². The minimum Gasteiger partial charge on any atom is -0.386 e. The van der Waals surface area contributed by atoms with E-state index in [2.05, 4.69) is 10.3 Å². The molecule has 2 rings (SSSR count). The van der Waals surface area contributed by atoms with Crippen molar-refractivity contribution in [1.29, 1.82) is 0 Å². The Bertz CT molecular complexity index is 497. The lowest BCUT2D eigenvalue weighted by Crippen LogP contribution is -2.55. The molecule has 0 aromatic carbocycles. The van der Waals surface area contributed by atoms with Gasteiger partial charge in [0.25, 0.3) is 0 Å². The van der Waals surface area contributed by atoms with Crippen molar-refractivity contribution in [2.24, 2.45) is 0 Å². The number of halogens is 1. The van der Waals surface area contributed by atoms with Crippen LogP contribution in [0.1, 0.15) is 19.8 Å². The lowest BCUT2D eigenvalue weighted by Gasteiger charge is -2.39. The summed E-state index contributed by atoms with van der Waals surface area (Å²) in [5.74, 6) is -0.00770. The zero-order valence-corrected chi connectivity index (χ0v) is 12.7. The number of anilines is 1. The van der Waals surface area contributed by atoms with E-state index in [9.17, 15) is 14.3 Å². The van der Waals surface area contributed by atoms with E-state index < -0.39 is 5.60 Å². The molecule has 0 saturated carbocycles. The second-order valence-electron chi connectivity index (χ2n) is 5.50. The Hall–Kier alpha value is -1.73. The number of carbonyl (C=O) groups excluding carboxylic acids is 1. The van der Waals surface area contributed by atoms with E-state index in [0.717, 1.165) is 19.2 Å². The van der Waals surface area contributed by atoms with Crippen LogP contribution in [0.5, 0.6) is 0 Å². The van der Waals surface area contributed by atoms with E-state index in [1.54, 1.807) is 6.07 Å². The van der Waals surface area contributed by atoms with Crippen LogP contribution in [-0.2, 0) is 9.53 Å². The monoisotopic (exact) mass is 311 g/mol. The van der Waals surface area contributed by atoms with Gasteiger partial charge in [0.05, 0.1) is 11.8 Å². The number of pyridine rings is 1. The Morgan fingerprint density at radius 1 is 1.59 bits per heavy atom. The van der Waals surface area contributed by atoms with Gasteiger partial charge >= 0.3 is 0 Å². The van der Waals surface area contributed by atoms with Gasteiger partial charge in [0.1, 0.15) is 18.2 Å². The molecule has 0 radical (unpaired) electrons. The molecule has 0 bridgehead atoms. The fourth-order valence-corrected chi connectivity index (χ4v) is 2.52. The van der Waals surface area contributed by atoms with Crippen LogP contribution in [0.2, 0.25) is 0 Å². The van der Waals surface area contributed by atoms with Crippen molar-refractivity contribution in [3.8, 4) is 0 Å². The lowest BCUT2D eigenvalue weighted by atomic mass is 9.92. The van der Waals surface area contributed by atoms with Crippen molar-refractivity contribution >= 4 is 11.7 Å². The summed E-state index contributed by atoms with van der Waals surface area (Å²) in [7, 11) is 0. The van der Waals surface area contributed by atoms with Crippen molar-refractivity contribution in [2.45, 2.75) is 25.4 Å². The summed E-state index contributed by atoms with van der Waals surface area (Å²) < 4.78 is 17.9. The van der Waals surface area contributed by atoms with E-state index in [4.69, 9.17) is 4.74 Å². The van der Waals surface area contributed by atoms with Crippen molar-refractivity contribution in [3.63, 3.8) is 0 Å². The number of β-amino-alcohol motifs (C(OH)–C–C–N with tert-alkyl or cyclic N) is 1.